The number of aliphatic carboxylic acids is 1. The van der Waals surface area contributed by atoms with Gasteiger partial charge < -0.3 is 15.2 Å². The Bertz CT molecular complexity index is 593. The largest absolute Gasteiger partial charge is 0.542 e. The van der Waals surface area contributed by atoms with Gasteiger partial charge in [-0.15, -0.1) is 0 Å². The lowest BCUT2D eigenvalue weighted by atomic mass is 10.0. The quantitative estimate of drug-likeness (QED) is 0.683. The Labute approximate surface area is 117 Å². The average molecular weight is 304 g/mol. The zero-order valence-corrected chi connectivity index (χ0v) is 10.8. The molecule has 0 aliphatic rings. The number of carboxylic acids is 1. The number of halogens is 4. The number of nitrogens with one attached hydrogen (secondary N) is 1. The average Bonchev–Trinajstić information content (AvgIpc) is 2.38. The van der Waals surface area contributed by atoms with Crippen LogP contribution in [0.1, 0.15) is 18.9 Å². The number of carboxylic acid groups (broad SMARTS) is 1. The third kappa shape index (κ3) is 4.30. The van der Waals surface area contributed by atoms with Crippen LogP contribution >= 0.6 is 0 Å². The number of benzene rings is 1. The summed E-state index contributed by atoms with van der Waals surface area (Å²) >= 11 is 0. The molecule has 21 heavy (non-hydrogen) atoms. The lowest BCUT2D eigenvalue weighted by Gasteiger charge is -2.12. The van der Waals surface area contributed by atoms with Gasteiger partial charge in [-0.3, -0.25) is 4.79 Å². The number of carbonyl (C=O) groups excluding carboxylic acids is 2. The van der Waals surface area contributed by atoms with Gasteiger partial charge in [0.1, 0.15) is 11.8 Å². The Morgan fingerprint density at radius 2 is 1.90 bits per heavy atom. The van der Waals surface area contributed by atoms with Crippen LogP contribution in [0.15, 0.2) is 30.1 Å². The standard InChI is InChI=1S/C13H11F4NO3/c1-2-9(10(14)11(19)20)7-4-3-5-8(6-7)18-12(21)13(15,16)17/h3-6H,2H2,1H3,(H,18,21)(H,19,20)/p-1. The molecular weight excluding hydrogens is 294 g/mol. The summed E-state index contributed by atoms with van der Waals surface area (Å²) in [5.41, 5.74) is -0.427. The van der Waals surface area contributed by atoms with Crippen LogP contribution in [0.4, 0.5) is 23.2 Å². The van der Waals surface area contributed by atoms with E-state index in [1.165, 1.54) is 19.1 Å². The number of carbonyl (C=O) groups is 2. The normalized spacial score (nSPS) is 12.6. The highest BCUT2D eigenvalue weighted by atomic mass is 19.4. The van der Waals surface area contributed by atoms with Crippen molar-refractivity contribution in [2.24, 2.45) is 0 Å². The summed E-state index contributed by atoms with van der Waals surface area (Å²) < 4.78 is 49.8. The molecule has 0 unspecified atom stereocenters. The maximum Gasteiger partial charge on any atom is 0.471 e. The molecule has 0 atom stereocenters. The fourth-order valence-corrected chi connectivity index (χ4v) is 1.60. The highest BCUT2D eigenvalue weighted by Crippen LogP contribution is 2.26. The van der Waals surface area contributed by atoms with Crippen LogP contribution in [-0.2, 0) is 9.59 Å². The highest BCUT2D eigenvalue weighted by Gasteiger charge is 2.38. The van der Waals surface area contributed by atoms with E-state index >= 15 is 0 Å². The number of allylic oxidation sites excluding steroid dienone is 1. The predicted molar refractivity (Wildman–Crippen MR) is 64.5 cm³/mol. The van der Waals surface area contributed by atoms with Crippen LogP contribution in [0.3, 0.4) is 0 Å². The smallest absolute Gasteiger partial charge is 0.471 e. The van der Waals surface area contributed by atoms with E-state index in [2.05, 4.69) is 0 Å². The van der Waals surface area contributed by atoms with Gasteiger partial charge in [-0.2, -0.15) is 13.2 Å². The summed E-state index contributed by atoms with van der Waals surface area (Å²) in [6.07, 6.45) is -5.08. The van der Waals surface area contributed by atoms with Gasteiger partial charge in [0.2, 0.25) is 0 Å². The lowest BCUT2D eigenvalue weighted by molar-refractivity contribution is -0.301. The molecule has 1 amide bonds. The first-order chi connectivity index (χ1) is 9.66. The van der Waals surface area contributed by atoms with Crippen molar-refractivity contribution in [3.8, 4) is 0 Å². The number of rotatable bonds is 4. The second-order valence-electron chi connectivity index (χ2n) is 3.97. The Hall–Kier alpha value is -2.38. The van der Waals surface area contributed by atoms with E-state index in [0.29, 0.717) is 0 Å². The molecule has 114 valence electrons. The predicted octanol–water partition coefficient (Wildman–Crippen LogP) is 2.03. The zero-order valence-electron chi connectivity index (χ0n) is 10.8. The Morgan fingerprint density at radius 1 is 1.29 bits per heavy atom. The number of alkyl halides is 3. The highest BCUT2D eigenvalue weighted by molar-refractivity contribution is 5.96. The van der Waals surface area contributed by atoms with Gasteiger partial charge in [0.15, 0.2) is 0 Å². The van der Waals surface area contributed by atoms with Crippen LogP contribution in [0.25, 0.3) is 5.57 Å². The maximum absolute atomic E-state index is 13.4. The molecule has 8 heteroatoms. The molecule has 0 aliphatic heterocycles. The summed E-state index contributed by atoms with van der Waals surface area (Å²) in [6.45, 7) is 1.47. The SMILES string of the molecule is CCC(=C(F)C(=O)[O-])c1cccc(NC(=O)C(F)(F)F)c1. The van der Waals surface area contributed by atoms with Gasteiger partial charge >= 0.3 is 12.1 Å². The van der Waals surface area contributed by atoms with E-state index in [9.17, 15) is 32.3 Å². The van der Waals surface area contributed by atoms with Crippen molar-refractivity contribution in [2.75, 3.05) is 5.32 Å². The number of amides is 1. The van der Waals surface area contributed by atoms with Crippen molar-refractivity contribution >= 4 is 23.1 Å². The maximum atomic E-state index is 13.4. The summed E-state index contributed by atoms with van der Waals surface area (Å²) in [7, 11) is 0. The first kappa shape index (κ1) is 16.7. The molecule has 0 spiro atoms. The van der Waals surface area contributed by atoms with Crippen LogP contribution in [-0.4, -0.2) is 18.1 Å². The molecule has 0 heterocycles. The molecule has 1 aromatic carbocycles. The molecule has 1 N–H and O–H groups in total. The van der Waals surface area contributed by atoms with E-state index in [4.69, 9.17) is 0 Å². The molecule has 1 rings (SSSR count). The molecule has 0 aromatic heterocycles. The molecule has 0 saturated heterocycles. The molecular formula is C13H10F4NO3-. The van der Waals surface area contributed by atoms with Crippen LogP contribution in [0.5, 0.6) is 0 Å². The minimum atomic E-state index is -5.06. The molecule has 0 aliphatic carbocycles. The molecule has 4 nitrogen and oxygen atoms in total. The minimum Gasteiger partial charge on any atom is -0.542 e. The van der Waals surface area contributed by atoms with Crippen molar-refractivity contribution in [2.45, 2.75) is 19.5 Å². The Kier molecular flexibility index (Phi) is 5.07. The van der Waals surface area contributed by atoms with Crippen molar-refractivity contribution in [1.29, 1.82) is 0 Å². The van der Waals surface area contributed by atoms with Crippen LogP contribution in [0, 0.1) is 0 Å². The summed E-state index contributed by atoms with van der Waals surface area (Å²) in [4.78, 5) is 21.3. The van der Waals surface area contributed by atoms with Crippen LogP contribution in [0.2, 0.25) is 0 Å². The summed E-state index contributed by atoms with van der Waals surface area (Å²) in [5.74, 6) is -5.70. The molecule has 1 aromatic rings. The second kappa shape index (κ2) is 6.38. The fourth-order valence-electron chi connectivity index (χ4n) is 1.60. The Balaban J connectivity index is 3.14. The molecule has 0 bridgehead atoms. The van der Waals surface area contributed by atoms with Gasteiger partial charge in [0.05, 0.1) is 0 Å². The number of hydrogen-bond donors (Lipinski definition) is 1. The molecule has 0 saturated carbocycles. The zero-order chi connectivity index (χ0) is 16.2. The topological polar surface area (TPSA) is 69.2 Å². The fraction of sp³-hybridized carbons (Fsp3) is 0.231. The van der Waals surface area contributed by atoms with E-state index in [1.807, 2.05) is 0 Å². The molecule has 0 fully saturated rings. The van der Waals surface area contributed by atoms with Crippen molar-refractivity contribution in [3.05, 3.63) is 35.7 Å². The first-order valence-electron chi connectivity index (χ1n) is 5.75. The van der Waals surface area contributed by atoms with Gasteiger partial charge in [0.25, 0.3) is 0 Å². The first-order valence-corrected chi connectivity index (χ1v) is 5.75. The molecule has 0 radical (unpaired) electrons. The summed E-state index contributed by atoms with van der Waals surface area (Å²) in [5, 5.41) is 12.1. The second-order valence-corrected chi connectivity index (χ2v) is 3.97. The van der Waals surface area contributed by atoms with Gasteiger partial charge in [-0.05, 0) is 29.7 Å². The van der Waals surface area contributed by atoms with Gasteiger partial charge in [-0.1, -0.05) is 19.1 Å². The third-order valence-corrected chi connectivity index (χ3v) is 2.52. The Morgan fingerprint density at radius 3 is 2.38 bits per heavy atom. The van der Waals surface area contributed by atoms with E-state index in [-0.39, 0.29) is 23.2 Å². The van der Waals surface area contributed by atoms with Crippen molar-refractivity contribution in [3.63, 3.8) is 0 Å². The van der Waals surface area contributed by atoms with E-state index < -0.39 is 23.9 Å². The van der Waals surface area contributed by atoms with E-state index in [1.54, 1.807) is 5.32 Å². The summed E-state index contributed by atoms with van der Waals surface area (Å²) in [6, 6.07) is 4.78. The van der Waals surface area contributed by atoms with Gasteiger partial charge in [-0.25, -0.2) is 4.39 Å². The lowest BCUT2D eigenvalue weighted by Crippen LogP contribution is -2.29. The van der Waals surface area contributed by atoms with Crippen molar-refractivity contribution < 1.29 is 32.3 Å². The van der Waals surface area contributed by atoms with Crippen molar-refractivity contribution in [1.82, 2.24) is 0 Å². The third-order valence-electron chi connectivity index (χ3n) is 2.52. The van der Waals surface area contributed by atoms with Gasteiger partial charge in [0, 0.05) is 5.69 Å². The monoisotopic (exact) mass is 304 g/mol. The minimum absolute atomic E-state index is 0.0174. The number of hydrogen-bond acceptors (Lipinski definition) is 3. The number of anilines is 1. The van der Waals surface area contributed by atoms with E-state index in [0.717, 1.165) is 12.1 Å². The van der Waals surface area contributed by atoms with Crippen LogP contribution < -0.4 is 10.4 Å².